The van der Waals surface area contributed by atoms with Crippen molar-refractivity contribution >= 4 is 38.5 Å². The monoisotopic (exact) mass is 316 g/mol. The quantitative estimate of drug-likeness (QED) is 0.800. The molecule has 1 aromatic carbocycles. The van der Waals surface area contributed by atoms with E-state index in [4.69, 9.17) is 11.6 Å². The first kappa shape index (κ1) is 12.9. The number of halogens is 2. The average Bonchev–Trinajstić information content (AvgIpc) is 2.30. The van der Waals surface area contributed by atoms with Gasteiger partial charge in [-0.05, 0) is 35.9 Å². The number of piperazine rings is 1. The van der Waals surface area contributed by atoms with Crippen LogP contribution in [0.4, 0.5) is 5.69 Å². The molecule has 1 aliphatic rings. The molecule has 17 heavy (non-hydrogen) atoms. The van der Waals surface area contributed by atoms with Crippen molar-refractivity contribution in [1.82, 2.24) is 4.90 Å². The Bertz CT molecular complexity index is 388. The molecule has 0 aromatic heterocycles. The maximum absolute atomic E-state index is 10.8. The second-order valence-corrected chi connectivity index (χ2v) is 5.43. The Kier molecular flexibility index (Phi) is 4.42. The SMILES string of the molecule is O=C(Cl)CN1CCN(c2ccc(Br)cc2)CC1. The van der Waals surface area contributed by atoms with Crippen LogP contribution in [-0.4, -0.2) is 42.9 Å². The van der Waals surface area contributed by atoms with Crippen LogP contribution in [0.25, 0.3) is 0 Å². The first-order valence-electron chi connectivity index (χ1n) is 5.56. The fraction of sp³-hybridized carbons (Fsp3) is 0.417. The zero-order chi connectivity index (χ0) is 12.3. The molecular weight excluding hydrogens is 304 g/mol. The van der Waals surface area contributed by atoms with E-state index in [-0.39, 0.29) is 5.24 Å². The lowest BCUT2D eigenvalue weighted by Gasteiger charge is -2.35. The van der Waals surface area contributed by atoms with Crippen LogP contribution >= 0.6 is 27.5 Å². The fourth-order valence-electron chi connectivity index (χ4n) is 1.99. The van der Waals surface area contributed by atoms with Crippen LogP contribution in [0.1, 0.15) is 0 Å². The Morgan fingerprint density at radius 1 is 1.18 bits per heavy atom. The van der Waals surface area contributed by atoms with Crippen molar-refractivity contribution in [1.29, 1.82) is 0 Å². The third kappa shape index (κ3) is 3.69. The van der Waals surface area contributed by atoms with Crippen LogP contribution in [0, 0.1) is 0 Å². The van der Waals surface area contributed by atoms with Gasteiger partial charge < -0.3 is 4.90 Å². The van der Waals surface area contributed by atoms with E-state index in [0.29, 0.717) is 6.54 Å². The summed E-state index contributed by atoms with van der Waals surface area (Å²) in [5.74, 6) is 0. The molecule has 5 heteroatoms. The number of benzene rings is 1. The van der Waals surface area contributed by atoms with Gasteiger partial charge in [-0.25, -0.2) is 0 Å². The van der Waals surface area contributed by atoms with Crippen molar-refractivity contribution in [3.8, 4) is 0 Å². The molecule has 1 aromatic rings. The highest BCUT2D eigenvalue weighted by Crippen LogP contribution is 2.19. The summed E-state index contributed by atoms with van der Waals surface area (Å²) in [6.07, 6.45) is 0. The molecule has 1 fully saturated rings. The van der Waals surface area contributed by atoms with Crippen molar-refractivity contribution in [3.05, 3.63) is 28.7 Å². The van der Waals surface area contributed by atoms with Crippen LogP contribution in [0.5, 0.6) is 0 Å². The van der Waals surface area contributed by atoms with Gasteiger partial charge in [0.15, 0.2) is 0 Å². The minimum absolute atomic E-state index is 0.276. The zero-order valence-electron chi connectivity index (χ0n) is 9.40. The number of anilines is 1. The molecule has 0 radical (unpaired) electrons. The Balaban J connectivity index is 1.90. The summed E-state index contributed by atoms with van der Waals surface area (Å²) in [6.45, 7) is 4.00. The van der Waals surface area contributed by atoms with Gasteiger partial charge in [0.05, 0.1) is 6.54 Å². The van der Waals surface area contributed by atoms with Crippen LogP contribution in [0.2, 0.25) is 0 Å². The maximum atomic E-state index is 10.8. The molecule has 1 saturated heterocycles. The number of carbonyl (C=O) groups is 1. The van der Waals surface area contributed by atoms with E-state index in [1.165, 1.54) is 5.69 Å². The Hall–Kier alpha value is -0.580. The standard InChI is InChI=1S/C12H14BrClN2O/c13-10-1-3-11(4-2-10)16-7-5-15(6-8-16)9-12(14)17/h1-4H,5-9H2. The summed E-state index contributed by atoms with van der Waals surface area (Å²) in [5, 5.41) is -0.276. The predicted molar refractivity (Wildman–Crippen MR) is 73.7 cm³/mol. The number of rotatable bonds is 3. The van der Waals surface area contributed by atoms with E-state index < -0.39 is 0 Å². The lowest BCUT2D eigenvalue weighted by Crippen LogP contribution is -2.47. The number of nitrogens with zero attached hydrogens (tertiary/aromatic N) is 2. The van der Waals surface area contributed by atoms with Gasteiger partial charge in [0.2, 0.25) is 5.24 Å². The molecule has 0 unspecified atom stereocenters. The first-order valence-corrected chi connectivity index (χ1v) is 6.73. The normalized spacial score (nSPS) is 17.2. The third-order valence-corrected chi connectivity index (χ3v) is 3.56. The zero-order valence-corrected chi connectivity index (χ0v) is 11.7. The summed E-state index contributed by atoms with van der Waals surface area (Å²) in [5.41, 5.74) is 1.23. The molecule has 0 N–H and O–H groups in total. The number of carbonyl (C=O) groups excluding carboxylic acids is 1. The Morgan fingerprint density at radius 3 is 2.29 bits per heavy atom. The maximum Gasteiger partial charge on any atom is 0.235 e. The van der Waals surface area contributed by atoms with Crippen molar-refractivity contribution in [2.75, 3.05) is 37.6 Å². The van der Waals surface area contributed by atoms with Crippen LogP contribution in [-0.2, 0) is 4.79 Å². The van der Waals surface area contributed by atoms with Gasteiger partial charge >= 0.3 is 0 Å². The molecule has 0 saturated carbocycles. The fourth-order valence-corrected chi connectivity index (χ4v) is 2.43. The molecule has 0 spiro atoms. The number of hydrogen-bond acceptors (Lipinski definition) is 3. The summed E-state index contributed by atoms with van der Waals surface area (Å²) >= 11 is 8.81. The van der Waals surface area contributed by atoms with Gasteiger partial charge in [0.1, 0.15) is 0 Å². The van der Waals surface area contributed by atoms with Gasteiger partial charge in [-0.15, -0.1) is 0 Å². The van der Waals surface area contributed by atoms with E-state index in [1.807, 2.05) is 12.1 Å². The molecule has 2 rings (SSSR count). The molecule has 0 bridgehead atoms. The highest BCUT2D eigenvalue weighted by molar-refractivity contribution is 9.10. The second kappa shape index (κ2) is 5.85. The summed E-state index contributed by atoms with van der Waals surface area (Å²) < 4.78 is 1.09. The molecule has 0 atom stereocenters. The summed E-state index contributed by atoms with van der Waals surface area (Å²) in [6, 6.07) is 8.30. The van der Waals surface area contributed by atoms with Gasteiger partial charge in [-0.1, -0.05) is 15.9 Å². The van der Waals surface area contributed by atoms with Crippen LogP contribution < -0.4 is 4.90 Å². The molecule has 0 aliphatic carbocycles. The van der Waals surface area contributed by atoms with Gasteiger partial charge in [-0.2, -0.15) is 0 Å². The molecule has 1 aliphatic heterocycles. The van der Waals surface area contributed by atoms with Gasteiger partial charge in [-0.3, -0.25) is 9.69 Å². The van der Waals surface area contributed by atoms with Gasteiger partial charge in [0.25, 0.3) is 0 Å². The molecule has 3 nitrogen and oxygen atoms in total. The van der Waals surface area contributed by atoms with E-state index in [9.17, 15) is 4.79 Å². The van der Waals surface area contributed by atoms with E-state index >= 15 is 0 Å². The van der Waals surface area contributed by atoms with E-state index in [0.717, 1.165) is 30.7 Å². The van der Waals surface area contributed by atoms with Crippen molar-refractivity contribution in [2.45, 2.75) is 0 Å². The van der Waals surface area contributed by atoms with Crippen molar-refractivity contribution in [2.24, 2.45) is 0 Å². The number of hydrogen-bond donors (Lipinski definition) is 0. The molecule has 1 heterocycles. The average molecular weight is 318 g/mol. The molecular formula is C12H14BrClN2O. The largest absolute Gasteiger partial charge is 0.369 e. The highest BCUT2D eigenvalue weighted by Gasteiger charge is 2.18. The highest BCUT2D eigenvalue weighted by atomic mass is 79.9. The van der Waals surface area contributed by atoms with Crippen molar-refractivity contribution < 1.29 is 4.79 Å². The van der Waals surface area contributed by atoms with Crippen LogP contribution in [0.3, 0.4) is 0 Å². The van der Waals surface area contributed by atoms with Crippen LogP contribution in [0.15, 0.2) is 28.7 Å². The predicted octanol–water partition coefficient (Wildman–Crippen LogP) is 2.34. The Morgan fingerprint density at radius 2 is 1.76 bits per heavy atom. The minimum Gasteiger partial charge on any atom is -0.369 e. The Labute approximate surface area is 114 Å². The smallest absolute Gasteiger partial charge is 0.235 e. The molecule has 92 valence electrons. The van der Waals surface area contributed by atoms with Crippen molar-refractivity contribution in [3.63, 3.8) is 0 Å². The van der Waals surface area contributed by atoms with Gasteiger partial charge in [0, 0.05) is 36.3 Å². The first-order chi connectivity index (χ1) is 8.15. The molecule has 0 amide bonds. The lowest BCUT2D eigenvalue weighted by molar-refractivity contribution is -0.112. The minimum atomic E-state index is -0.276. The second-order valence-electron chi connectivity index (χ2n) is 4.09. The topological polar surface area (TPSA) is 23.6 Å². The summed E-state index contributed by atoms with van der Waals surface area (Å²) in [4.78, 5) is 15.2. The summed E-state index contributed by atoms with van der Waals surface area (Å²) in [7, 11) is 0. The lowest BCUT2D eigenvalue weighted by atomic mass is 10.2. The van der Waals surface area contributed by atoms with E-state index in [1.54, 1.807) is 0 Å². The third-order valence-electron chi connectivity index (χ3n) is 2.91. The van der Waals surface area contributed by atoms with E-state index in [2.05, 4.69) is 37.9 Å².